The van der Waals surface area contributed by atoms with Crippen LogP contribution in [-0.4, -0.2) is 26.2 Å². The predicted octanol–water partition coefficient (Wildman–Crippen LogP) is 2.11. The fourth-order valence-corrected chi connectivity index (χ4v) is 1.25. The Morgan fingerprint density at radius 1 is 1.40 bits per heavy atom. The molecule has 1 N–H and O–H groups in total. The molecule has 0 spiro atoms. The van der Waals surface area contributed by atoms with E-state index in [2.05, 4.69) is 5.32 Å². The molecule has 3 nitrogen and oxygen atoms in total. The van der Waals surface area contributed by atoms with Gasteiger partial charge in [0.05, 0.1) is 0 Å². The van der Waals surface area contributed by atoms with Crippen LogP contribution in [0.2, 0.25) is 5.02 Å². The lowest BCUT2D eigenvalue weighted by molar-refractivity contribution is 0.0948. The molecule has 4 heteroatoms. The summed E-state index contributed by atoms with van der Waals surface area (Å²) in [6.07, 6.45) is 0.815. The molecule has 0 heterocycles. The first-order valence-corrected chi connectivity index (χ1v) is 5.14. The van der Waals surface area contributed by atoms with Gasteiger partial charge in [0.2, 0.25) is 0 Å². The Morgan fingerprint density at radius 3 is 2.67 bits per heavy atom. The van der Waals surface area contributed by atoms with E-state index in [1.165, 1.54) is 0 Å². The van der Waals surface area contributed by atoms with Gasteiger partial charge in [-0.25, -0.2) is 0 Å². The molecule has 15 heavy (non-hydrogen) atoms. The summed E-state index contributed by atoms with van der Waals surface area (Å²) in [7, 11) is 1.64. The minimum absolute atomic E-state index is 0.0808. The summed E-state index contributed by atoms with van der Waals surface area (Å²) in [4.78, 5) is 11.5. The van der Waals surface area contributed by atoms with E-state index in [9.17, 15) is 4.79 Å². The van der Waals surface area contributed by atoms with Gasteiger partial charge in [-0.2, -0.15) is 0 Å². The van der Waals surface area contributed by atoms with Crippen LogP contribution in [0.15, 0.2) is 24.3 Å². The minimum Gasteiger partial charge on any atom is -0.385 e. The van der Waals surface area contributed by atoms with Crippen LogP contribution >= 0.6 is 11.6 Å². The number of hydrogen-bond donors (Lipinski definition) is 1. The minimum atomic E-state index is -0.0808. The van der Waals surface area contributed by atoms with E-state index < -0.39 is 0 Å². The molecule has 0 atom stereocenters. The Balaban J connectivity index is 2.37. The first-order valence-electron chi connectivity index (χ1n) is 4.76. The molecule has 0 aliphatic rings. The zero-order valence-corrected chi connectivity index (χ0v) is 9.38. The van der Waals surface area contributed by atoms with Gasteiger partial charge in [0.15, 0.2) is 0 Å². The molecule has 0 bridgehead atoms. The van der Waals surface area contributed by atoms with Gasteiger partial charge < -0.3 is 10.1 Å². The van der Waals surface area contributed by atoms with Crippen molar-refractivity contribution >= 4 is 17.5 Å². The van der Waals surface area contributed by atoms with Crippen molar-refractivity contribution in [1.82, 2.24) is 5.32 Å². The lowest BCUT2D eigenvalue weighted by Crippen LogP contribution is -2.25. The van der Waals surface area contributed by atoms with Crippen LogP contribution in [0, 0.1) is 0 Å². The van der Waals surface area contributed by atoms with Crippen molar-refractivity contribution in [2.75, 3.05) is 20.3 Å². The third kappa shape index (κ3) is 4.32. The zero-order chi connectivity index (χ0) is 11.1. The molecule has 1 rings (SSSR count). The van der Waals surface area contributed by atoms with E-state index in [0.717, 1.165) is 6.42 Å². The molecule has 0 radical (unpaired) electrons. The third-order valence-corrected chi connectivity index (χ3v) is 2.17. The maximum absolute atomic E-state index is 11.5. The summed E-state index contributed by atoms with van der Waals surface area (Å²) in [5.41, 5.74) is 0.622. The van der Waals surface area contributed by atoms with Crippen LogP contribution in [0.5, 0.6) is 0 Å². The molecule has 1 aromatic rings. The summed E-state index contributed by atoms with van der Waals surface area (Å²) in [6, 6.07) is 6.80. The average molecular weight is 228 g/mol. The highest BCUT2D eigenvalue weighted by Crippen LogP contribution is 2.09. The highest BCUT2D eigenvalue weighted by Gasteiger charge is 2.03. The summed E-state index contributed by atoms with van der Waals surface area (Å²) >= 11 is 5.71. The zero-order valence-electron chi connectivity index (χ0n) is 8.63. The van der Waals surface area contributed by atoms with E-state index in [1.54, 1.807) is 31.4 Å². The molecular formula is C11H14ClNO2. The number of nitrogens with one attached hydrogen (secondary N) is 1. The van der Waals surface area contributed by atoms with Crippen molar-refractivity contribution < 1.29 is 9.53 Å². The van der Waals surface area contributed by atoms with Crippen molar-refractivity contribution in [2.24, 2.45) is 0 Å². The topological polar surface area (TPSA) is 38.3 Å². The van der Waals surface area contributed by atoms with Gasteiger partial charge in [0, 0.05) is 30.8 Å². The maximum atomic E-state index is 11.5. The number of rotatable bonds is 5. The highest BCUT2D eigenvalue weighted by molar-refractivity contribution is 6.30. The highest BCUT2D eigenvalue weighted by atomic mass is 35.5. The maximum Gasteiger partial charge on any atom is 0.251 e. The first-order chi connectivity index (χ1) is 7.24. The summed E-state index contributed by atoms with van der Waals surface area (Å²) < 4.78 is 4.88. The van der Waals surface area contributed by atoms with Crippen molar-refractivity contribution in [3.05, 3.63) is 34.9 Å². The fourth-order valence-electron chi connectivity index (χ4n) is 1.12. The third-order valence-electron chi connectivity index (χ3n) is 1.92. The van der Waals surface area contributed by atoms with Crippen LogP contribution in [0.1, 0.15) is 16.8 Å². The molecule has 0 unspecified atom stereocenters. The van der Waals surface area contributed by atoms with E-state index in [-0.39, 0.29) is 5.91 Å². The van der Waals surface area contributed by atoms with Gasteiger partial charge in [-0.05, 0) is 30.7 Å². The van der Waals surface area contributed by atoms with Gasteiger partial charge in [-0.3, -0.25) is 4.79 Å². The second kappa shape index (κ2) is 6.43. The number of methoxy groups -OCH3 is 1. The normalized spacial score (nSPS) is 10.0. The number of carbonyl (C=O) groups is 1. The van der Waals surface area contributed by atoms with Crippen LogP contribution in [-0.2, 0) is 4.74 Å². The van der Waals surface area contributed by atoms with Crippen molar-refractivity contribution in [2.45, 2.75) is 6.42 Å². The van der Waals surface area contributed by atoms with E-state index in [4.69, 9.17) is 16.3 Å². The first kappa shape index (κ1) is 12.0. The SMILES string of the molecule is COCCCNC(=O)c1ccc(Cl)cc1. The van der Waals surface area contributed by atoms with Crippen LogP contribution < -0.4 is 5.32 Å². The van der Waals surface area contributed by atoms with Gasteiger partial charge >= 0.3 is 0 Å². The molecule has 1 amide bonds. The Labute approximate surface area is 94.4 Å². The number of hydrogen-bond acceptors (Lipinski definition) is 2. The smallest absolute Gasteiger partial charge is 0.251 e. The molecular weight excluding hydrogens is 214 g/mol. The van der Waals surface area contributed by atoms with E-state index >= 15 is 0 Å². The van der Waals surface area contributed by atoms with Gasteiger partial charge in [0.1, 0.15) is 0 Å². The molecule has 1 aromatic carbocycles. The van der Waals surface area contributed by atoms with Gasteiger partial charge in [-0.1, -0.05) is 11.6 Å². The standard InChI is InChI=1S/C11H14ClNO2/c1-15-8-2-7-13-11(14)9-3-5-10(12)6-4-9/h3-6H,2,7-8H2,1H3,(H,13,14). The Kier molecular flexibility index (Phi) is 5.15. The number of halogens is 1. The van der Waals surface area contributed by atoms with Crippen molar-refractivity contribution in [1.29, 1.82) is 0 Å². The van der Waals surface area contributed by atoms with Gasteiger partial charge in [0.25, 0.3) is 5.91 Å². The van der Waals surface area contributed by atoms with Crippen molar-refractivity contribution in [3.63, 3.8) is 0 Å². The lowest BCUT2D eigenvalue weighted by atomic mass is 10.2. The van der Waals surface area contributed by atoms with E-state index in [1.807, 2.05) is 0 Å². The molecule has 0 aliphatic heterocycles. The van der Waals surface area contributed by atoms with Crippen LogP contribution in [0.3, 0.4) is 0 Å². The summed E-state index contributed by atoms with van der Waals surface area (Å²) in [6.45, 7) is 1.27. The second-order valence-corrected chi connectivity index (χ2v) is 3.55. The van der Waals surface area contributed by atoms with E-state index in [0.29, 0.717) is 23.7 Å². The molecule has 0 aliphatic carbocycles. The number of benzene rings is 1. The molecule has 0 aromatic heterocycles. The number of amides is 1. The largest absolute Gasteiger partial charge is 0.385 e. The molecule has 0 fully saturated rings. The number of carbonyl (C=O) groups excluding carboxylic acids is 1. The average Bonchev–Trinajstić information content (AvgIpc) is 2.25. The number of ether oxygens (including phenoxy) is 1. The molecule has 82 valence electrons. The quantitative estimate of drug-likeness (QED) is 0.783. The fraction of sp³-hybridized carbons (Fsp3) is 0.364. The predicted molar refractivity (Wildman–Crippen MR) is 60.3 cm³/mol. The van der Waals surface area contributed by atoms with Crippen LogP contribution in [0.4, 0.5) is 0 Å². The lowest BCUT2D eigenvalue weighted by Gasteiger charge is -2.04. The monoisotopic (exact) mass is 227 g/mol. The molecule has 0 saturated heterocycles. The molecule has 0 saturated carbocycles. The Morgan fingerprint density at radius 2 is 2.07 bits per heavy atom. The Bertz CT molecular complexity index is 311. The van der Waals surface area contributed by atoms with Crippen molar-refractivity contribution in [3.8, 4) is 0 Å². The summed E-state index contributed by atoms with van der Waals surface area (Å²) in [5.74, 6) is -0.0808. The summed E-state index contributed by atoms with van der Waals surface area (Å²) in [5, 5.41) is 3.42. The Hall–Kier alpha value is -1.06. The second-order valence-electron chi connectivity index (χ2n) is 3.11. The van der Waals surface area contributed by atoms with Gasteiger partial charge in [-0.15, -0.1) is 0 Å². The van der Waals surface area contributed by atoms with Crippen LogP contribution in [0.25, 0.3) is 0 Å².